The Morgan fingerprint density at radius 1 is 1.62 bits per heavy atom. The third-order valence-corrected chi connectivity index (χ3v) is 3.44. The van der Waals surface area contributed by atoms with Crippen LogP contribution in [-0.4, -0.2) is 28.6 Å². The molecule has 1 unspecified atom stereocenters. The largest absolute Gasteiger partial charge is 0.394 e. The Balaban J connectivity index is 2.75. The molecule has 0 aliphatic heterocycles. The molecule has 0 spiro atoms. The molecule has 1 rings (SSSR count). The summed E-state index contributed by atoms with van der Waals surface area (Å²) in [6, 6.07) is -0.229. The minimum atomic E-state index is -0.229. The van der Waals surface area contributed by atoms with Crippen molar-refractivity contribution in [2.75, 3.05) is 6.61 Å². The van der Waals surface area contributed by atoms with Gasteiger partial charge in [-0.2, -0.15) is 0 Å². The van der Waals surface area contributed by atoms with E-state index in [1.807, 2.05) is 0 Å². The number of amides is 1. The molecule has 0 radical (unpaired) electrons. The van der Waals surface area contributed by atoms with Crippen LogP contribution in [0.1, 0.15) is 42.4 Å². The molecule has 5 heteroatoms. The summed E-state index contributed by atoms with van der Waals surface area (Å²) in [7, 11) is 0. The van der Waals surface area contributed by atoms with E-state index in [0.717, 1.165) is 5.01 Å². The molecule has 0 fully saturated rings. The molecule has 0 saturated heterocycles. The van der Waals surface area contributed by atoms with Crippen molar-refractivity contribution in [1.29, 1.82) is 0 Å². The number of carbonyl (C=O) groups is 1. The van der Waals surface area contributed by atoms with Gasteiger partial charge in [0.25, 0.3) is 5.91 Å². The number of thiazole rings is 1. The predicted molar refractivity (Wildman–Crippen MR) is 64.8 cm³/mol. The lowest BCUT2D eigenvalue weighted by molar-refractivity contribution is 0.0926. The highest BCUT2D eigenvalue weighted by Gasteiger charge is 2.20. The van der Waals surface area contributed by atoms with Gasteiger partial charge in [-0.15, -0.1) is 11.3 Å². The van der Waals surface area contributed by atoms with Gasteiger partial charge in [0.15, 0.2) is 0 Å². The minimum Gasteiger partial charge on any atom is -0.394 e. The summed E-state index contributed by atoms with van der Waals surface area (Å²) in [4.78, 5) is 16.5. The smallest absolute Gasteiger partial charge is 0.263 e. The summed E-state index contributed by atoms with van der Waals surface area (Å²) in [6.45, 7) is 7.87. The van der Waals surface area contributed by atoms with Crippen molar-refractivity contribution in [2.24, 2.45) is 0 Å². The zero-order valence-electron chi connectivity index (χ0n) is 10.1. The van der Waals surface area contributed by atoms with Gasteiger partial charge in [0.05, 0.1) is 17.8 Å². The molecule has 0 aliphatic rings. The Hall–Kier alpha value is -0.940. The van der Waals surface area contributed by atoms with Gasteiger partial charge in [-0.25, -0.2) is 4.98 Å². The molecule has 1 heterocycles. The van der Waals surface area contributed by atoms with Crippen LogP contribution < -0.4 is 5.32 Å². The summed E-state index contributed by atoms with van der Waals surface area (Å²) in [6.07, 6.45) is 1.59. The van der Waals surface area contributed by atoms with Gasteiger partial charge < -0.3 is 10.4 Å². The Bertz CT molecular complexity index is 368. The summed E-state index contributed by atoms with van der Waals surface area (Å²) < 4.78 is 0. The van der Waals surface area contributed by atoms with E-state index in [4.69, 9.17) is 5.11 Å². The molecule has 90 valence electrons. The monoisotopic (exact) mass is 242 g/mol. The highest BCUT2D eigenvalue weighted by Crippen LogP contribution is 2.26. The van der Waals surface area contributed by atoms with Gasteiger partial charge in [0.1, 0.15) is 4.88 Å². The van der Waals surface area contributed by atoms with Crippen LogP contribution in [0.3, 0.4) is 0 Å². The van der Waals surface area contributed by atoms with Crippen molar-refractivity contribution in [3.63, 3.8) is 0 Å². The number of aromatic nitrogens is 1. The lowest BCUT2D eigenvalue weighted by atomic mass is 9.98. The lowest BCUT2D eigenvalue weighted by Crippen LogP contribution is -2.34. The van der Waals surface area contributed by atoms with E-state index in [2.05, 4.69) is 31.1 Å². The van der Waals surface area contributed by atoms with Crippen molar-refractivity contribution in [2.45, 2.75) is 39.2 Å². The molecule has 1 atom stereocenters. The van der Waals surface area contributed by atoms with E-state index >= 15 is 0 Å². The molecular weight excluding hydrogens is 224 g/mol. The maximum absolute atomic E-state index is 11.7. The van der Waals surface area contributed by atoms with Gasteiger partial charge in [0, 0.05) is 11.5 Å². The van der Waals surface area contributed by atoms with E-state index in [9.17, 15) is 4.79 Å². The molecule has 16 heavy (non-hydrogen) atoms. The fourth-order valence-corrected chi connectivity index (χ4v) is 1.94. The second kappa shape index (κ2) is 4.93. The maximum atomic E-state index is 11.7. The van der Waals surface area contributed by atoms with E-state index in [0.29, 0.717) is 4.88 Å². The van der Waals surface area contributed by atoms with Crippen LogP contribution in [0.15, 0.2) is 6.20 Å². The quantitative estimate of drug-likeness (QED) is 0.845. The standard InChI is InChI=1S/C11H18N2O2S/c1-7(6-14)13-9(15)8-5-12-10(16-8)11(2,3)4/h5,7,14H,6H2,1-4H3,(H,13,15). The summed E-state index contributed by atoms with van der Waals surface area (Å²) >= 11 is 1.40. The SMILES string of the molecule is CC(CO)NC(=O)c1cnc(C(C)(C)C)s1. The number of hydrogen-bond acceptors (Lipinski definition) is 4. The molecule has 0 saturated carbocycles. The number of aliphatic hydroxyl groups excluding tert-OH is 1. The Morgan fingerprint density at radius 2 is 2.25 bits per heavy atom. The van der Waals surface area contributed by atoms with E-state index < -0.39 is 0 Å². The number of nitrogens with zero attached hydrogens (tertiary/aromatic N) is 1. The first-order valence-corrected chi connectivity index (χ1v) is 6.04. The van der Waals surface area contributed by atoms with Crippen LogP contribution in [0, 0.1) is 0 Å². The molecule has 1 aromatic heterocycles. The van der Waals surface area contributed by atoms with Crippen LogP contribution in [0.5, 0.6) is 0 Å². The second-order valence-electron chi connectivity index (χ2n) is 4.84. The molecular formula is C11H18N2O2S. The fourth-order valence-electron chi connectivity index (χ4n) is 1.07. The highest BCUT2D eigenvalue weighted by atomic mass is 32.1. The van der Waals surface area contributed by atoms with Crippen molar-refractivity contribution >= 4 is 17.2 Å². The fraction of sp³-hybridized carbons (Fsp3) is 0.636. The Morgan fingerprint density at radius 3 is 2.69 bits per heavy atom. The average Bonchev–Trinajstić information content (AvgIpc) is 2.65. The van der Waals surface area contributed by atoms with Crippen LogP contribution in [0.25, 0.3) is 0 Å². The van der Waals surface area contributed by atoms with E-state index in [-0.39, 0.29) is 24.0 Å². The zero-order chi connectivity index (χ0) is 12.3. The van der Waals surface area contributed by atoms with Gasteiger partial charge in [0.2, 0.25) is 0 Å². The Labute approximate surface area is 99.7 Å². The van der Waals surface area contributed by atoms with Crippen molar-refractivity contribution < 1.29 is 9.90 Å². The molecule has 1 aromatic rings. The second-order valence-corrected chi connectivity index (χ2v) is 5.87. The van der Waals surface area contributed by atoms with Gasteiger partial charge >= 0.3 is 0 Å². The van der Waals surface area contributed by atoms with Crippen LogP contribution >= 0.6 is 11.3 Å². The maximum Gasteiger partial charge on any atom is 0.263 e. The minimum absolute atomic E-state index is 0.0359. The molecule has 0 aromatic carbocycles. The molecule has 4 nitrogen and oxygen atoms in total. The third kappa shape index (κ3) is 3.28. The lowest BCUT2D eigenvalue weighted by Gasteiger charge is -2.13. The average molecular weight is 242 g/mol. The predicted octanol–water partition coefficient (Wildman–Crippen LogP) is 1.55. The molecule has 0 aliphatic carbocycles. The number of rotatable bonds is 3. The van der Waals surface area contributed by atoms with Crippen LogP contribution in [-0.2, 0) is 5.41 Å². The number of carbonyl (C=O) groups excluding carboxylic acids is 1. The van der Waals surface area contributed by atoms with Crippen molar-refractivity contribution in [3.05, 3.63) is 16.1 Å². The first kappa shape index (κ1) is 13.1. The van der Waals surface area contributed by atoms with Crippen molar-refractivity contribution in [1.82, 2.24) is 10.3 Å². The zero-order valence-corrected chi connectivity index (χ0v) is 10.9. The summed E-state index contributed by atoms with van der Waals surface area (Å²) in [5.74, 6) is -0.172. The summed E-state index contributed by atoms with van der Waals surface area (Å²) in [5.41, 5.74) is -0.0359. The Kier molecular flexibility index (Phi) is 4.04. The van der Waals surface area contributed by atoms with E-state index in [1.54, 1.807) is 13.1 Å². The third-order valence-electron chi connectivity index (χ3n) is 2.02. The van der Waals surface area contributed by atoms with Crippen molar-refractivity contribution in [3.8, 4) is 0 Å². The van der Waals surface area contributed by atoms with Crippen LogP contribution in [0.4, 0.5) is 0 Å². The topological polar surface area (TPSA) is 62.2 Å². The number of hydrogen-bond donors (Lipinski definition) is 2. The number of nitrogens with one attached hydrogen (secondary N) is 1. The number of aliphatic hydroxyl groups is 1. The highest BCUT2D eigenvalue weighted by molar-refractivity contribution is 7.13. The van der Waals surface area contributed by atoms with Gasteiger partial charge in [-0.05, 0) is 6.92 Å². The molecule has 0 bridgehead atoms. The molecule has 2 N–H and O–H groups in total. The first-order chi connectivity index (χ1) is 7.34. The van der Waals surface area contributed by atoms with Crippen LogP contribution in [0.2, 0.25) is 0 Å². The first-order valence-electron chi connectivity index (χ1n) is 5.22. The summed E-state index contributed by atoms with van der Waals surface area (Å²) in [5, 5.41) is 12.5. The van der Waals surface area contributed by atoms with Gasteiger partial charge in [-0.3, -0.25) is 4.79 Å². The normalized spacial score (nSPS) is 13.6. The van der Waals surface area contributed by atoms with E-state index in [1.165, 1.54) is 11.3 Å². The molecule has 1 amide bonds. The van der Waals surface area contributed by atoms with Gasteiger partial charge in [-0.1, -0.05) is 20.8 Å².